The molecule has 1 atom stereocenters. The lowest BCUT2D eigenvalue weighted by Crippen LogP contribution is -2.49. The molecule has 1 heterocycles. The normalized spacial score (nSPS) is 32.3. The van der Waals surface area contributed by atoms with Crippen molar-refractivity contribution in [3.63, 3.8) is 0 Å². The van der Waals surface area contributed by atoms with E-state index in [1.54, 1.807) is 0 Å². The first-order valence-electron chi connectivity index (χ1n) is 10.4. The van der Waals surface area contributed by atoms with Crippen molar-refractivity contribution < 1.29 is 4.79 Å². The first kappa shape index (κ1) is 17.0. The van der Waals surface area contributed by atoms with Crippen LogP contribution in [0.15, 0.2) is 48.7 Å². The van der Waals surface area contributed by atoms with E-state index in [-0.39, 0.29) is 17.4 Å². The molecule has 3 nitrogen and oxygen atoms in total. The minimum Gasteiger partial charge on any atom is -0.346 e. The molecular weight excluding hydrogens is 332 g/mol. The lowest BCUT2D eigenvalue weighted by molar-refractivity contribution is -0.00722. The fourth-order valence-electron chi connectivity index (χ4n) is 6.39. The molecule has 140 valence electrons. The lowest BCUT2D eigenvalue weighted by Gasteiger charge is -2.56. The van der Waals surface area contributed by atoms with E-state index in [0.29, 0.717) is 0 Å². The molecule has 1 aromatic heterocycles. The highest BCUT2D eigenvalue weighted by Gasteiger charge is 2.52. The van der Waals surface area contributed by atoms with E-state index < -0.39 is 0 Å². The average molecular weight is 361 g/mol. The van der Waals surface area contributed by atoms with Crippen LogP contribution in [-0.4, -0.2) is 10.9 Å². The number of aromatic nitrogens is 1. The van der Waals surface area contributed by atoms with Gasteiger partial charge in [0.25, 0.3) is 5.91 Å². The number of nitrogens with zero attached hydrogens (tertiary/aromatic N) is 1. The Morgan fingerprint density at radius 3 is 2.30 bits per heavy atom. The number of carbonyl (C=O) groups is 1. The summed E-state index contributed by atoms with van der Waals surface area (Å²) in [5.74, 6) is 2.65. The number of nitrogens with one attached hydrogen (secondary N) is 1. The Morgan fingerprint density at radius 2 is 1.67 bits per heavy atom. The van der Waals surface area contributed by atoms with Gasteiger partial charge in [0.2, 0.25) is 0 Å². The molecule has 3 heteroatoms. The summed E-state index contributed by atoms with van der Waals surface area (Å²) in [5, 5.41) is 3.15. The maximum Gasteiger partial charge on any atom is 0.251 e. The second-order valence-corrected chi connectivity index (χ2v) is 9.23. The third-order valence-corrected chi connectivity index (χ3v) is 7.25. The molecular formula is C24H28N2O. The second kappa shape index (κ2) is 6.47. The molecule has 4 saturated carbocycles. The van der Waals surface area contributed by atoms with Crippen molar-refractivity contribution in [2.45, 2.75) is 56.9 Å². The lowest BCUT2D eigenvalue weighted by atomic mass is 9.48. The molecule has 6 rings (SSSR count). The van der Waals surface area contributed by atoms with Crippen LogP contribution in [0, 0.1) is 17.8 Å². The van der Waals surface area contributed by atoms with Gasteiger partial charge in [-0.3, -0.25) is 9.78 Å². The second-order valence-electron chi connectivity index (χ2n) is 9.23. The number of rotatable bonds is 4. The van der Waals surface area contributed by atoms with Gasteiger partial charge in [0.1, 0.15) is 0 Å². The van der Waals surface area contributed by atoms with Crippen molar-refractivity contribution in [3.05, 3.63) is 65.5 Å². The molecule has 0 radical (unpaired) electrons. The predicted molar refractivity (Wildman–Crippen MR) is 106 cm³/mol. The van der Waals surface area contributed by atoms with Crippen LogP contribution in [-0.2, 0) is 5.41 Å². The Kier molecular flexibility index (Phi) is 4.07. The third-order valence-electron chi connectivity index (χ3n) is 7.25. The van der Waals surface area contributed by atoms with Crippen LogP contribution in [0.5, 0.6) is 0 Å². The number of pyridine rings is 1. The Morgan fingerprint density at radius 1 is 1.04 bits per heavy atom. The molecule has 0 saturated heterocycles. The van der Waals surface area contributed by atoms with Gasteiger partial charge in [-0.05, 0) is 80.9 Å². The zero-order chi connectivity index (χ0) is 18.4. The molecule has 27 heavy (non-hydrogen) atoms. The quantitative estimate of drug-likeness (QED) is 0.830. The van der Waals surface area contributed by atoms with Crippen LogP contribution in [0.2, 0.25) is 0 Å². The molecule has 1 unspecified atom stereocenters. The highest BCUT2D eigenvalue weighted by atomic mass is 16.1. The summed E-state index contributed by atoms with van der Waals surface area (Å²) in [6.07, 6.45) is 9.94. The van der Waals surface area contributed by atoms with Gasteiger partial charge in [-0.25, -0.2) is 0 Å². The summed E-state index contributed by atoms with van der Waals surface area (Å²) in [6, 6.07) is 14.1. The van der Waals surface area contributed by atoms with E-state index in [4.69, 9.17) is 4.98 Å². The summed E-state index contributed by atoms with van der Waals surface area (Å²) in [7, 11) is 0. The zero-order valence-electron chi connectivity index (χ0n) is 16.0. The van der Waals surface area contributed by atoms with Gasteiger partial charge in [-0.15, -0.1) is 0 Å². The fourth-order valence-corrected chi connectivity index (χ4v) is 6.39. The Balaban J connectivity index is 1.37. The van der Waals surface area contributed by atoms with E-state index in [1.807, 2.05) is 37.4 Å². The Labute approximate surface area is 161 Å². The molecule has 0 aliphatic heterocycles. The smallest absolute Gasteiger partial charge is 0.251 e. The highest BCUT2D eigenvalue weighted by molar-refractivity contribution is 5.94. The first-order valence-corrected chi connectivity index (χ1v) is 10.4. The van der Waals surface area contributed by atoms with Crippen molar-refractivity contribution >= 4 is 5.91 Å². The zero-order valence-corrected chi connectivity index (χ0v) is 16.0. The van der Waals surface area contributed by atoms with Gasteiger partial charge < -0.3 is 5.32 Å². The molecule has 4 bridgehead atoms. The van der Waals surface area contributed by atoms with Crippen LogP contribution < -0.4 is 5.32 Å². The van der Waals surface area contributed by atoms with Crippen LogP contribution in [0.1, 0.15) is 73.1 Å². The van der Waals surface area contributed by atoms with Gasteiger partial charge in [0.15, 0.2) is 0 Å². The molecule has 1 aromatic carbocycles. The summed E-state index contributed by atoms with van der Waals surface area (Å²) >= 11 is 0. The van der Waals surface area contributed by atoms with Crippen molar-refractivity contribution in [3.8, 4) is 0 Å². The number of amides is 1. The molecule has 4 aliphatic rings. The van der Waals surface area contributed by atoms with Gasteiger partial charge in [0.05, 0.1) is 6.04 Å². The Bertz CT molecular complexity index is 809. The third kappa shape index (κ3) is 3.07. The molecule has 2 aromatic rings. The SMILES string of the molecule is CC(NC(=O)c1ccnc(C23CC4CC(CC(C4)C2)C3)c1)c1ccccc1. The number of hydrogen-bond acceptors (Lipinski definition) is 2. The maximum absolute atomic E-state index is 12.9. The minimum atomic E-state index is -0.00476. The van der Waals surface area contributed by atoms with E-state index >= 15 is 0 Å². The maximum atomic E-state index is 12.9. The van der Waals surface area contributed by atoms with Crippen molar-refractivity contribution in [1.29, 1.82) is 0 Å². The topological polar surface area (TPSA) is 42.0 Å². The molecule has 4 fully saturated rings. The van der Waals surface area contributed by atoms with Crippen LogP contribution >= 0.6 is 0 Å². The summed E-state index contributed by atoms with van der Waals surface area (Å²) in [6.45, 7) is 2.04. The van der Waals surface area contributed by atoms with Gasteiger partial charge in [-0.1, -0.05) is 30.3 Å². The highest BCUT2D eigenvalue weighted by Crippen LogP contribution is 2.60. The summed E-state index contributed by atoms with van der Waals surface area (Å²) in [4.78, 5) is 17.6. The first-order chi connectivity index (χ1) is 13.1. The monoisotopic (exact) mass is 360 g/mol. The summed E-state index contributed by atoms with van der Waals surface area (Å²) < 4.78 is 0. The van der Waals surface area contributed by atoms with Gasteiger partial charge in [-0.2, -0.15) is 0 Å². The number of hydrogen-bond donors (Lipinski definition) is 1. The standard InChI is InChI=1S/C24H28N2O/c1-16(20-5-3-2-4-6-20)26-23(27)21-7-8-25-22(12-21)24-13-17-9-18(14-24)11-19(10-17)15-24/h2-8,12,16-19H,9-11,13-15H2,1H3,(H,26,27). The van der Waals surface area contributed by atoms with Gasteiger partial charge in [0, 0.05) is 22.9 Å². The van der Waals surface area contributed by atoms with Crippen molar-refractivity contribution in [2.24, 2.45) is 17.8 Å². The largest absolute Gasteiger partial charge is 0.346 e. The van der Waals surface area contributed by atoms with Crippen LogP contribution in [0.4, 0.5) is 0 Å². The van der Waals surface area contributed by atoms with E-state index in [2.05, 4.69) is 23.5 Å². The fraction of sp³-hybridized carbons (Fsp3) is 0.500. The van der Waals surface area contributed by atoms with Crippen LogP contribution in [0.3, 0.4) is 0 Å². The van der Waals surface area contributed by atoms with Crippen molar-refractivity contribution in [2.75, 3.05) is 0 Å². The van der Waals surface area contributed by atoms with E-state index in [9.17, 15) is 4.79 Å². The average Bonchev–Trinajstić information content (AvgIpc) is 2.68. The summed E-state index contributed by atoms with van der Waals surface area (Å²) in [5.41, 5.74) is 3.28. The predicted octanol–water partition coefficient (Wildman–Crippen LogP) is 5.04. The van der Waals surface area contributed by atoms with E-state index in [0.717, 1.165) is 28.9 Å². The Hall–Kier alpha value is -2.16. The molecule has 0 spiro atoms. The van der Waals surface area contributed by atoms with Crippen LogP contribution in [0.25, 0.3) is 0 Å². The molecule has 4 aliphatic carbocycles. The number of carbonyl (C=O) groups excluding carboxylic acids is 1. The molecule has 1 N–H and O–H groups in total. The minimum absolute atomic E-state index is 0.000249. The van der Waals surface area contributed by atoms with Crippen molar-refractivity contribution in [1.82, 2.24) is 10.3 Å². The van der Waals surface area contributed by atoms with Gasteiger partial charge >= 0.3 is 0 Å². The van der Waals surface area contributed by atoms with E-state index in [1.165, 1.54) is 44.2 Å². The number of benzene rings is 1. The molecule has 1 amide bonds.